The molecule has 3 nitrogen and oxygen atoms in total. The second-order valence-corrected chi connectivity index (χ2v) is 4.71. The summed E-state index contributed by atoms with van der Waals surface area (Å²) in [5, 5.41) is 18.5. The number of benzene rings is 2. The molecule has 2 rings (SSSR count). The molecule has 0 saturated carbocycles. The first kappa shape index (κ1) is 14.8. The fourth-order valence-electron chi connectivity index (χ4n) is 2.12. The molecule has 4 heteroatoms. The molecule has 0 aliphatic rings. The molecule has 2 N–H and O–H groups in total. The minimum absolute atomic E-state index is 0.405. The van der Waals surface area contributed by atoms with E-state index in [4.69, 9.17) is 4.74 Å². The summed E-state index contributed by atoms with van der Waals surface area (Å²) in [7, 11) is -1.45. The zero-order valence-electron chi connectivity index (χ0n) is 11.4. The predicted molar refractivity (Wildman–Crippen MR) is 80.7 cm³/mol. The fraction of sp³-hybridized carbons (Fsp3) is 0.250. The van der Waals surface area contributed by atoms with Crippen LogP contribution < -0.4 is 5.46 Å². The van der Waals surface area contributed by atoms with Gasteiger partial charge in [0, 0.05) is 6.61 Å². The summed E-state index contributed by atoms with van der Waals surface area (Å²) in [6.45, 7) is 1.06. The molecule has 0 spiro atoms. The van der Waals surface area contributed by atoms with Crippen molar-refractivity contribution < 1.29 is 14.8 Å². The van der Waals surface area contributed by atoms with Gasteiger partial charge in [-0.15, -0.1) is 0 Å². The number of aryl methyl sites for hydroxylation is 1. The Morgan fingerprint density at radius 2 is 1.60 bits per heavy atom. The van der Waals surface area contributed by atoms with Crippen LogP contribution in [0.25, 0.3) is 0 Å². The van der Waals surface area contributed by atoms with Crippen LogP contribution in [0.1, 0.15) is 17.5 Å². The zero-order chi connectivity index (χ0) is 14.2. The maximum Gasteiger partial charge on any atom is 0.488 e. The molecule has 0 aliphatic heterocycles. The first-order valence-corrected chi connectivity index (χ1v) is 6.83. The van der Waals surface area contributed by atoms with Crippen LogP contribution in [-0.4, -0.2) is 23.8 Å². The van der Waals surface area contributed by atoms with E-state index in [-0.39, 0.29) is 0 Å². The third kappa shape index (κ3) is 4.49. The Kier molecular flexibility index (Phi) is 5.80. The molecule has 2 aromatic rings. The zero-order valence-corrected chi connectivity index (χ0v) is 11.4. The summed E-state index contributed by atoms with van der Waals surface area (Å²) in [6.07, 6.45) is 1.94. The molecular formula is C16H19BO3. The standard InChI is InChI=1S/C16H19BO3/c18-17(19)16-11-5-4-10-15(16)13-20-12-6-9-14-7-2-1-3-8-14/h1-5,7-8,10-11,18-19H,6,9,12-13H2. The Morgan fingerprint density at radius 1 is 0.900 bits per heavy atom. The maximum atomic E-state index is 9.26. The van der Waals surface area contributed by atoms with Gasteiger partial charge < -0.3 is 14.8 Å². The molecule has 0 aromatic heterocycles. The van der Waals surface area contributed by atoms with Gasteiger partial charge in [-0.05, 0) is 29.4 Å². The molecule has 0 heterocycles. The molecule has 20 heavy (non-hydrogen) atoms. The van der Waals surface area contributed by atoms with Crippen LogP contribution in [0, 0.1) is 0 Å². The summed E-state index contributed by atoms with van der Waals surface area (Å²) in [4.78, 5) is 0. The molecule has 0 unspecified atom stereocenters. The van der Waals surface area contributed by atoms with E-state index in [1.165, 1.54) is 5.56 Å². The van der Waals surface area contributed by atoms with Crippen LogP contribution in [0.15, 0.2) is 54.6 Å². The van der Waals surface area contributed by atoms with Gasteiger partial charge in [-0.2, -0.15) is 0 Å². The van der Waals surface area contributed by atoms with Gasteiger partial charge in [-0.25, -0.2) is 0 Å². The Labute approximate surface area is 120 Å². The van der Waals surface area contributed by atoms with Crippen LogP contribution in [0.5, 0.6) is 0 Å². The van der Waals surface area contributed by atoms with E-state index >= 15 is 0 Å². The summed E-state index contributed by atoms with van der Waals surface area (Å²) < 4.78 is 5.61. The van der Waals surface area contributed by atoms with Gasteiger partial charge in [-0.3, -0.25) is 0 Å². The van der Waals surface area contributed by atoms with Crippen molar-refractivity contribution in [2.75, 3.05) is 6.61 Å². The number of rotatable bonds is 7. The quantitative estimate of drug-likeness (QED) is 0.592. The first-order valence-electron chi connectivity index (χ1n) is 6.83. The molecular weight excluding hydrogens is 251 g/mol. The Bertz CT molecular complexity index is 514. The smallest absolute Gasteiger partial charge is 0.423 e. The Balaban J connectivity index is 1.74. The van der Waals surface area contributed by atoms with E-state index in [1.807, 2.05) is 30.3 Å². The van der Waals surface area contributed by atoms with Crippen molar-refractivity contribution in [3.63, 3.8) is 0 Å². The van der Waals surface area contributed by atoms with Crippen LogP contribution in [-0.2, 0) is 17.8 Å². The van der Waals surface area contributed by atoms with Gasteiger partial charge in [0.05, 0.1) is 6.61 Å². The van der Waals surface area contributed by atoms with E-state index in [2.05, 4.69) is 12.1 Å². The van der Waals surface area contributed by atoms with Crippen molar-refractivity contribution in [2.45, 2.75) is 19.4 Å². The van der Waals surface area contributed by atoms with E-state index in [0.29, 0.717) is 18.7 Å². The summed E-state index contributed by atoms with van der Waals surface area (Å²) in [5.74, 6) is 0. The van der Waals surface area contributed by atoms with Crippen LogP contribution >= 0.6 is 0 Å². The topological polar surface area (TPSA) is 49.7 Å². The highest BCUT2D eigenvalue weighted by Gasteiger charge is 2.14. The van der Waals surface area contributed by atoms with Gasteiger partial charge in [0.25, 0.3) is 0 Å². The average Bonchev–Trinajstić information content (AvgIpc) is 2.48. The van der Waals surface area contributed by atoms with Gasteiger partial charge in [-0.1, -0.05) is 54.6 Å². The van der Waals surface area contributed by atoms with E-state index in [0.717, 1.165) is 18.4 Å². The SMILES string of the molecule is OB(O)c1ccccc1COCCCc1ccccc1. The van der Waals surface area contributed by atoms with Crippen molar-refractivity contribution in [2.24, 2.45) is 0 Å². The summed E-state index contributed by atoms with van der Waals surface area (Å²) in [6, 6.07) is 17.5. The van der Waals surface area contributed by atoms with Gasteiger partial charge >= 0.3 is 7.12 Å². The third-order valence-corrected chi connectivity index (χ3v) is 3.19. The lowest BCUT2D eigenvalue weighted by Crippen LogP contribution is -2.33. The fourth-order valence-corrected chi connectivity index (χ4v) is 2.12. The lowest BCUT2D eigenvalue weighted by Gasteiger charge is -2.09. The number of hydrogen-bond acceptors (Lipinski definition) is 3. The average molecular weight is 270 g/mol. The molecule has 0 radical (unpaired) electrons. The Hall–Kier alpha value is -1.62. The van der Waals surface area contributed by atoms with Crippen molar-refractivity contribution in [1.82, 2.24) is 0 Å². The minimum Gasteiger partial charge on any atom is -0.423 e. The van der Waals surface area contributed by atoms with E-state index < -0.39 is 7.12 Å². The van der Waals surface area contributed by atoms with Gasteiger partial charge in [0.2, 0.25) is 0 Å². The second-order valence-electron chi connectivity index (χ2n) is 4.71. The highest BCUT2D eigenvalue weighted by atomic mass is 16.5. The van der Waals surface area contributed by atoms with Crippen LogP contribution in [0.2, 0.25) is 0 Å². The molecule has 0 fully saturated rings. The van der Waals surface area contributed by atoms with Crippen LogP contribution in [0.3, 0.4) is 0 Å². The van der Waals surface area contributed by atoms with Gasteiger partial charge in [0.15, 0.2) is 0 Å². The largest absolute Gasteiger partial charge is 0.488 e. The predicted octanol–water partition coefficient (Wildman–Crippen LogP) is 1.52. The number of hydrogen-bond donors (Lipinski definition) is 2. The molecule has 0 aliphatic carbocycles. The normalized spacial score (nSPS) is 10.5. The highest BCUT2D eigenvalue weighted by Crippen LogP contribution is 2.04. The van der Waals surface area contributed by atoms with E-state index in [9.17, 15) is 10.0 Å². The molecule has 104 valence electrons. The maximum absolute atomic E-state index is 9.26. The van der Waals surface area contributed by atoms with E-state index in [1.54, 1.807) is 12.1 Å². The van der Waals surface area contributed by atoms with Crippen molar-refractivity contribution in [3.8, 4) is 0 Å². The molecule has 0 bridgehead atoms. The second kappa shape index (κ2) is 7.85. The summed E-state index contributed by atoms with van der Waals surface area (Å²) >= 11 is 0. The minimum atomic E-state index is -1.45. The third-order valence-electron chi connectivity index (χ3n) is 3.19. The van der Waals surface area contributed by atoms with Crippen molar-refractivity contribution in [1.29, 1.82) is 0 Å². The Morgan fingerprint density at radius 3 is 2.35 bits per heavy atom. The highest BCUT2D eigenvalue weighted by molar-refractivity contribution is 6.59. The monoisotopic (exact) mass is 270 g/mol. The summed E-state index contributed by atoms with van der Waals surface area (Å²) in [5.41, 5.74) is 2.64. The van der Waals surface area contributed by atoms with Crippen molar-refractivity contribution >= 4 is 12.6 Å². The molecule has 0 amide bonds. The lowest BCUT2D eigenvalue weighted by molar-refractivity contribution is 0.119. The molecule has 0 atom stereocenters. The van der Waals surface area contributed by atoms with Gasteiger partial charge in [0.1, 0.15) is 0 Å². The molecule has 2 aromatic carbocycles. The van der Waals surface area contributed by atoms with Crippen molar-refractivity contribution in [3.05, 3.63) is 65.7 Å². The molecule has 0 saturated heterocycles. The van der Waals surface area contributed by atoms with Crippen LogP contribution in [0.4, 0.5) is 0 Å². The number of ether oxygens (including phenoxy) is 1. The first-order chi connectivity index (χ1) is 9.77. The lowest BCUT2D eigenvalue weighted by atomic mass is 9.77.